The second-order valence-corrected chi connectivity index (χ2v) is 2.34. The molecule has 0 aromatic heterocycles. The molecule has 0 atom stereocenters. The van der Waals surface area contributed by atoms with Gasteiger partial charge in [-0.1, -0.05) is 0 Å². The van der Waals surface area contributed by atoms with Gasteiger partial charge in [-0.2, -0.15) is 0 Å². The molecule has 1 saturated heterocycles. The minimum absolute atomic E-state index is 0.125. The van der Waals surface area contributed by atoms with E-state index < -0.39 is 6.09 Å². The van der Waals surface area contributed by atoms with Crippen LogP contribution in [0.3, 0.4) is 0 Å². The lowest BCUT2D eigenvalue weighted by Gasteiger charge is -2.35. The Labute approximate surface area is 64.3 Å². The maximum Gasteiger partial charge on any atom is 0.407 e. The summed E-state index contributed by atoms with van der Waals surface area (Å²) in [5.41, 5.74) is 0. The number of likely N-dealkylation sites (tertiary alicyclic amines) is 1. The summed E-state index contributed by atoms with van der Waals surface area (Å²) in [5.74, 6) is 0. The van der Waals surface area contributed by atoms with Crippen molar-refractivity contribution in [3.05, 3.63) is 0 Å². The van der Waals surface area contributed by atoms with Crippen molar-refractivity contribution >= 4 is 12.5 Å². The number of hydrogen-bond acceptors (Lipinski definition) is 3. The molecule has 0 bridgehead atoms. The largest absolute Gasteiger partial charge is 0.442 e. The SMILES string of the molecule is CNC(=O)OC1CN(C=O)C1. The molecule has 1 aliphatic rings. The van der Waals surface area contributed by atoms with Crippen molar-refractivity contribution in [2.24, 2.45) is 0 Å². The fraction of sp³-hybridized carbons (Fsp3) is 0.667. The zero-order valence-corrected chi connectivity index (χ0v) is 6.24. The van der Waals surface area contributed by atoms with Crippen LogP contribution in [0.15, 0.2) is 0 Å². The molecule has 0 spiro atoms. The molecule has 1 N–H and O–H groups in total. The Morgan fingerprint density at radius 2 is 2.36 bits per heavy atom. The lowest BCUT2D eigenvalue weighted by Crippen LogP contribution is -2.52. The maximum atomic E-state index is 10.6. The Balaban J connectivity index is 2.13. The van der Waals surface area contributed by atoms with Gasteiger partial charge in [0.15, 0.2) is 0 Å². The van der Waals surface area contributed by atoms with E-state index in [0.29, 0.717) is 13.1 Å². The van der Waals surface area contributed by atoms with E-state index in [2.05, 4.69) is 5.32 Å². The van der Waals surface area contributed by atoms with Gasteiger partial charge in [0.25, 0.3) is 0 Å². The molecule has 5 nitrogen and oxygen atoms in total. The quantitative estimate of drug-likeness (QED) is 0.534. The second kappa shape index (κ2) is 3.23. The van der Waals surface area contributed by atoms with Gasteiger partial charge in [-0.3, -0.25) is 4.79 Å². The summed E-state index contributed by atoms with van der Waals surface area (Å²) in [4.78, 5) is 22.2. The number of hydrogen-bond donors (Lipinski definition) is 1. The van der Waals surface area contributed by atoms with E-state index in [0.717, 1.165) is 6.41 Å². The zero-order chi connectivity index (χ0) is 8.27. The highest BCUT2D eigenvalue weighted by atomic mass is 16.6. The predicted molar refractivity (Wildman–Crippen MR) is 37.0 cm³/mol. The molecule has 5 heteroatoms. The first kappa shape index (κ1) is 7.84. The van der Waals surface area contributed by atoms with E-state index in [9.17, 15) is 9.59 Å². The van der Waals surface area contributed by atoms with Crippen LogP contribution in [-0.4, -0.2) is 43.6 Å². The number of carbonyl (C=O) groups is 2. The van der Waals surface area contributed by atoms with Crippen molar-refractivity contribution in [2.75, 3.05) is 20.1 Å². The number of nitrogens with zero attached hydrogens (tertiary/aromatic N) is 1. The number of rotatable bonds is 2. The molecule has 0 radical (unpaired) electrons. The standard InChI is InChI=1S/C6H10N2O3/c1-7-6(10)11-5-2-8(3-5)4-9/h4-5H,2-3H2,1H3,(H,7,10). The van der Waals surface area contributed by atoms with Crippen LogP contribution in [0, 0.1) is 0 Å². The highest BCUT2D eigenvalue weighted by Crippen LogP contribution is 2.08. The lowest BCUT2D eigenvalue weighted by molar-refractivity contribution is -0.127. The Morgan fingerprint density at radius 3 is 2.82 bits per heavy atom. The molecule has 0 saturated carbocycles. The molecule has 11 heavy (non-hydrogen) atoms. The maximum absolute atomic E-state index is 10.6. The van der Waals surface area contributed by atoms with E-state index in [4.69, 9.17) is 4.74 Å². The van der Waals surface area contributed by atoms with Crippen LogP contribution >= 0.6 is 0 Å². The molecular weight excluding hydrogens is 148 g/mol. The summed E-state index contributed by atoms with van der Waals surface area (Å²) < 4.78 is 4.82. The lowest BCUT2D eigenvalue weighted by atomic mass is 10.2. The molecular formula is C6H10N2O3. The molecule has 2 amide bonds. The minimum Gasteiger partial charge on any atom is -0.442 e. The van der Waals surface area contributed by atoms with Crippen molar-refractivity contribution in [1.29, 1.82) is 0 Å². The average Bonchev–Trinajstić information content (AvgIpc) is 1.95. The fourth-order valence-electron chi connectivity index (χ4n) is 0.841. The summed E-state index contributed by atoms with van der Waals surface area (Å²) in [6, 6.07) is 0. The van der Waals surface area contributed by atoms with Gasteiger partial charge >= 0.3 is 6.09 Å². The van der Waals surface area contributed by atoms with Crippen LogP contribution in [0.25, 0.3) is 0 Å². The summed E-state index contributed by atoms with van der Waals surface area (Å²) in [6.45, 7) is 1.02. The highest BCUT2D eigenvalue weighted by molar-refractivity contribution is 5.67. The van der Waals surface area contributed by atoms with Crippen molar-refractivity contribution in [3.8, 4) is 0 Å². The first-order chi connectivity index (χ1) is 5.26. The van der Waals surface area contributed by atoms with Crippen LogP contribution in [0.1, 0.15) is 0 Å². The van der Waals surface area contributed by atoms with Gasteiger partial charge in [0.2, 0.25) is 6.41 Å². The van der Waals surface area contributed by atoms with E-state index in [1.165, 1.54) is 11.9 Å². The van der Waals surface area contributed by atoms with Crippen LogP contribution in [0.2, 0.25) is 0 Å². The number of amides is 2. The van der Waals surface area contributed by atoms with E-state index in [1.807, 2.05) is 0 Å². The van der Waals surface area contributed by atoms with Crippen LogP contribution < -0.4 is 5.32 Å². The van der Waals surface area contributed by atoms with Gasteiger partial charge < -0.3 is 15.0 Å². The van der Waals surface area contributed by atoms with Crippen LogP contribution in [0.4, 0.5) is 4.79 Å². The fourth-order valence-corrected chi connectivity index (χ4v) is 0.841. The Morgan fingerprint density at radius 1 is 1.73 bits per heavy atom. The molecule has 0 aromatic carbocycles. The van der Waals surface area contributed by atoms with Crippen LogP contribution in [0.5, 0.6) is 0 Å². The number of ether oxygens (including phenoxy) is 1. The third kappa shape index (κ3) is 1.83. The van der Waals surface area contributed by atoms with Gasteiger partial charge in [-0.15, -0.1) is 0 Å². The topological polar surface area (TPSA) is 58.6 Å². The zero-order valence-electron chi connectivity index (χ0n) is 6.24. The summed E-state index contributed by atoms with van der Waals surface area (Å²) >= 11 is 0. The monoisotopic (exact) mass is 158 g/mol. The summed E-state index contributed by atoms with van der Waals surface area (Å²) in [5, 5.41) is 2.33. The Kier molecular flexibility index (Phi) is 2.30. The summed E-state index contributed by atoms with van der Waals surface area (Å²) in [6.07, 6.45) is 0.171. The van der Waals surface area contributed by atoms with Crippen molar-refractivity contribution < 1.29 is 14.3 Å². The number of carbonyl (C=O) groups excluding carboxylic acids is 2. The molecule has 1 heterocycles. The Bertz CT molecular complexity index is 165. The van der Waals surface area contributed by atoms with Gasteiger partial charge in [0.05, 0.1) is 13.1 Å². The third-order valence-corrected chi connectivity index (χ3v) is 1.50. The molecule has 62 valence electrons. The average molecular weight is 158 g/mol. The molecule has 0 unspecified atom stereocenters. The first-order valence-corrected chi connectivity index (χ1v) is 3.34. The summed E-state index contributed by atoms with van der Waals surface area (Å²) in [7, 11) is 1.50. The Hall–Kier alpha value is -1.26. The van der Waals surface area contributed by atoms with Crippen LogP contribution in [-0.2, 0) is 9.53 Å². The van der Waals surface area contributed by atoms with Crippen molar-refractivity contribution in [2.45, 2.75) is 6.10 Å². The smallest absolute Gasteiger partial charge is 0.407 e. The molecule has 1 rings (SSSR count). The molecule has 1 aliphatic heterocycles. The number of nitrogens with one attached hydrogen (secondary N) is 1. The normalized spacial score (nSPS) is 17.0. The molecule has 0 aliphatic carbocycles. The first-order valence-electron chi connectivity index (χ1n) is 3.34. The third-order valence-electron chi connectivity index (χ3n) is 1.50. The van der Waals surface area contributed by atoms with E-state index in [-0.39, 0.29) is 6.10 Å². The predicted octanol–water partition coefficient (Wildman–Crippen LogP) is -0.817. The van der Waals surface area contributed by atoms with Gasteiger partial charge in [0, 0.05) is 7.05 Å². The molecule has 1 fully saturated rings. The highest BCUT2D eigenvalue weighted by Gasteiger charge is 2.28. The van der Waals surface area contributed by atoms with E-state index in [1.54, 1.807) is 0 Å². The van der Waals surface area contributed by atoms with Gasteiger partial charge in [0.1, 0.15) is 6.10 Å². The van der Waals surface area contributed by atoms with Crippen molar-refractivity contribution in [3.63, 3.8) is 0 Å². The van der Waals surface area contributed by atoms with Crippen molar-refractivity contribution in [1.82, 2.24) is 10.2 Å². The molecule has 0 aromatic rings. The van der Waals surface area contributed by atoms with E-state index >= 15 is 0 Å². The number of alkyl carbamates (subject to hydrolysis) is 1. The van der Waals surface area contributed by atoms with Gasteiger partial charge in [-0.05, 0) is 0 Å². The second-order valence-electron chi connectivity index (χ2n) is 2.34. The van der Waals surface area contributed by atoms with Gasteiger partial charge in [-0.25, -0.2) is 4.79 Å². The minimum atomic E-state index is -0.444.